The highest BCUT2D eigenvalue weighted by Gasteiger charge is 2.34. The van der Waals surface area contributed by atoms with Crippen LogP contribution in [0.3, 0.4) is 0 Å². The highest BCUT2D eigenvalue weighted by atomic mass is 16.7. The van der Waals surface area contributed by atoms with Crippen molar-refractivity contribution in [1.29, 1.82) is 0 Å². The number of ether oxygens (including phenoxy) is 2. The second-order valence-electron chi connectivity index (χ2n) is 9.75. The minimum absolute atomic E-state index is 0.176. The Morgan fingerprint density at radius 1 is 0.976 bits per heavy atom. The molecule has 0 saturated carbocycles. The number of hydrogen-bond donors (Lipinski definition) is 2. The van der Waals surface area contributed by atoms with Gasteiger partial charge in [0, 0.05) is 35.6 Å². The van der Waals surface area contributed by atoms with Gasteiger partial charge in [-0.1, -0.05) is 43.8 Å². The van der Waals surface area contributed by atoms with Crippen LogP contribution >= 0.6 is 0 Å². The van der Waals surface area contributed by atoms with Crippen LogP contribution in [-0.4, -0.2) is 42.6 Å². The molecule has 2 heterocycles. The number of carbonyl (C=O) groups is 3. The Hall–Kier alpha value is -5.05. The number of fused-ring (bicyclic) bond motifs is 2. The molecular weight excluding hydrogens is 520 g/mol. The van der Waals surface area contributed by atoms with Gasteiger partial charge < -0.3 is 20.1 Å². The molecule has 0 unspecified atom stereocenters. The minimum Gasteiger partial charge on any atom is -0.454 e. The zero-order chi connectivity index (χ0) is 28.9. The van der Waals surface area contributed by atoms with Crippen LogP contribution < -0.4 is 25.0 Å². The van der Waals surface area contributed by atoms with Gasteiger partial charge in [-0.3, -0.25) is 19.4 Å². The fraction of sp³-hybridized carbons (Fsp3) is 0.219. The zero-order valence-electron chi connectivity index (χ0n) is 22.9. The van der Waals surface area contributed by atoms with Crippen molar-refractivity contribution < 1.29 is 23.9 Å². The van der Waals surface area contributed by atoms with E-state index in [0.29, 0.717) is 52.7 Å². The van der Waals surface area contributed by atoms with Crippen molar-refractivity contribution in [3.63, 3.8) is 0 Å². The first-order chi connectivity index (χ1) is 19.9. The Bertz CT molecular complexity index is 1510. The van der Waals surface area contributed by atoms with Crippen LogP contribution in [0.15, 0.2) is 79.9 Å². The highest BCUT2D eigenvalue weighted by molar-refractivity contribution is 6.10. The quantitative estimate of drug-likeness (QED) is 0.331. The lowest BCUT2D eigenvalue weighted by Crippen LogP contribution is -2.49. The van der Waals surface area contributed by atoms with E-state index in [0.717, 1.165) is 17.5 Å². The van der Waals surface area contributed by atoms with E-state index in [1.54, 1.807) is 30.3 Å². The highest BCUT2D eigenvalue weighted by Crippen LogP contribution is 2.36. The lowest BCUT2D eigenvalue weighted by molar-refractivity contribution is -0.114. The van der Waals surface area contributed by atoms with Crippen molar-refractivity contribution in [2.45, 2.75) is 26.3 Å². The average Bonchev–Trinajstić information content (AvgIpc) is 3.46. The molecule has 210 valence electrons. The van der Waals surface area contributed by atoms with Crippen LogP contribution in [0.4, 0.5) is 16.2 Å². The number of nitrogens with zero attached hydrogens (tertiary/aromatic N) is 2. The summed E-state index contributed by atoms with van der Waals surface area (Å²) in [4.78, 5) is 42.8. The molecule has 0 aromatic heterocycles. The van der Waals surface area contributed by atoms with Gasteiger partial charge in [0.05, 0.1) is 5.69 Å². The van der Waals surface area contributed by atoms with Gasteiger partial charge in [0.1, 0.15) is 6.54 Å². The third kappa shape index (κ3) is 5.94. The smallest absolute Gasteiger partial charge is 0.329 e. The molecule has 2 aliphatic heterocycles. The van der Waals surface area contributed by atoms with Crippen LogP contribution in [0.1, 0.15) is 40.4 Å². The van der Waals surface area contributed by atoms with E-state index < -0.39 is 6.03 Å². The Balaban J connectivity index is 1.36. The predicted molar refractivity (Wildman–Crippen MR) is 158 cm³/mol. The molecule has 3 aromatic carbocycles. The molecular formula is C32H32N4O5. The van der Waals surface area contributed by atoms with Crippen LogP contribution in [0, 0.1) is 0 Å². The maximum atomic E-state index is 13.6. The molecule has 0 atom stereocenters. The largest absolute Gasteiger partial charge is 0.454 e. The predicted octanol–water partition coefficient (Wildman–Crippen LogP) is 5.34. The molecule has 2 N–H and O–H groups in total. The van der Waals surface area contributed by atoms with Crippen molar-refractivity contribution >= 4 is 34.9 Å². The first kappa shape index (κ1) is 27.5. The van der Waals surface area contributed by atoms with E-state index in [1.165, 1.54) is 9.80 Å². The van der Waals surface area contributed by atoms with Gasteiger partial charge in [0.2, 0.25) is 12.7 Å². The van der Waals surface area contributed by atoms with Crippen LogP contribution in [0.25, 0.3) is 5.70 Å². The van der Waals surface area contributed by atoms with Gasteiger partial charge in [0.25, 0.3) is 5.91 Å². The number of amides is 4. The second kappa shape index (κ2) is 12.0. The van der Waals surface area contributed by atoms with Gasteiger partial charge in [-0.05, 0) is 60.4 Å². The lowest BCUT2D eigenvalue weighted by atomic mass is 10.0. The Kier molecular flexibility index (Phi) is 8.05. The zero-order valence-corrected chi connectivity index (χ0v) is 22.9. The molecule has 9 heteroatoms. The number of anilines is 2. The molecule has 0 aliphatic carbocycles. The van der Waals surface area contributed by atoms with E-state index in [9.17, 15) is 14.4 Å². The standard InChI is InChI=1S/C32H32N4O5/c1-4-6-15-35-21(3)26-13-10-24(31(38)33-18-23-9-14-28-29(16-23)41-20-40-28)17-27(26)36(32(35)39)19-30(37)34-25-11-7-22(5-2)8-12-25/h4,7-14,16-17H,1,3,5-6,15,18-20H2,2H3,(H,33,38)(H,34,37). The fourth-order valence-corrected chi connectivity index (χ4v) is 4.76. The van der Waals surface area contributed by atoms with E-state index in [2.05, 4.69) is 30.7 Å². The first-order valence-corrected chi connectivity index (χ1v) is 13.5. The molecule has 0 fully saturated rings. The van der Waals surface area contributed by atoms with Gasteiger partial charge in [-0.15, -0.1) is 6.58 Å². The monoisotopic (exact) mass is 552 g/mol. The summed E-state index contributed by atoms with van der Waals surface area (Å²) in [5.41, 5.74) is 4.62. The Morgan fingerprint density at radius 2 is 1.73 bits per heavy atom. The number of benzene rings is 3. The molecule has 0 saturated heterocycles. The number of aryl methyl sites for hydroxylation is 1. The molecule has 41 heavy (non-hydrogen) atoms. The van der Waals surface area contributed by atoms with Gasteiger partial charge in [0.15, 0.2) is 11.5 Å². The molecule has 0 radical (unpaired) electrons. The SMILES string of the molecule is C=CCCN1C(=C)c2ccc(C(=O)NCc3ccc4c(c3)OCO4)cc2N(CC(=O)Nc2ccc(CC)cc2)C1=O. The van der Waals surface area contributed by atoms with Crippen LogP contribution in [-0.2, 0) is 17.8 Å². The Labute approximate surface area is 239 Å². The van der Waals surface area contributed by atoms with Crippen molar-refractivity contribution in [3.8, 4) is 11.5 Å². The van der Waals surface area contributed by atoms with Gasteiger partial charge >= 0.3 is 6.03 Å². The number of nitrogens with one attached hydrogen (secondary N) is 2. The fourth-order valence-electron chi connectivity index (χ4n) is 4.76. The second-order valence-corrected chi connectivity index (χ2v) is 9.75. The van der Waals surface area contributed by atoms with Crippen molar-refractivity contribution in [3.05, 3.63) is 102 Å². The van der Waals surface area contributed by atoms with Gasteiger partial charge in [-0.25, -0.2) is 4.79 Å². The number of urea groups is 1. The number of hydrogen-bond acceptors (Lipinski definition) is 5. The van der Waals surface area contributed by atoms with Crippen molar-refractivity contribution in [2.24, 2.45) is 0 Å². The van der Waals surface area contributed by atoms with Crippen LogP contribution in [0.2, 0.25) is 0 Å². The maximum Gasteiger partial charge on any atom is 0.329 e. The normalized spacial score (nSPS) is 13.6. The maximum absolute atomic E-state index is 13.6. The lowest BCUT2D eigenvalue weighted by Gasteiger charge is -2.38. The van der Waals surface area contributed by atoms with E-state index in [1.807, 2.05) is 36.4 Å². The van der Waals surface area contributed by atoms with Gasteiger partial charge in [-0.2, -0.15) is 0 Å². The topological polar surface area (TPSA) is 100 Å². The third-order valence-corrected chi connectivity index (χ3v) is 7.04. The summed E-state index contributed by atoms with van der Waals surface area (Å²) in [7, 11) is 0. The molecule has 3 aromatic rings. The summed E-state index contributed by atoms with van der Waals surface area (Å²) in [6.07, 6.45) is 3.18. The number of carbonyl (C=O) groups excluding carboxylic acids is 3. The third-order valence-electron chi connectivity index (χ3n) is 7.04. The molecule has 9 nitrogen and oxygen atoms in total. The minimum atomic E-state index is -0.390. The molecule has 0 bridgehead atoms. The summed E-state index contributed by atoms with van der Waals surface area (Å²) in [6.45, 7) is 10.5. The summed E-state index contributed by atoms with van der Waals surface area (Å²) in [5.74, 6) is 0.628. The van der Waals surface area contributed by atoms with Crippen molar-refractivity contribution in [2.75, 3.05) is 30.1 Å². The summed E-state index contributed by atoms with van der Waals surface area (Å²) in [6, 6.07) is 17.7. The summed E-state index contributed by atoms with van der Waals surface area (Å²) in [5, 5.41) is 5.77. The summed E-state index contributed by atoms with van der Waals surface area (Å²) >= 11 is 0. The van der Waals surface area contributed by atoms with E-state index in [4.69, 9.17) is 9.47 Å². The molecule has 5 rings (SSSR count). The Morgan fingerprint density at radius 3 is 2.49 bits per heavy atom. The number of rotatable bonds is 10. The average molecular weight is 553 g/mol. The van der Waals surface area contributed by atoms with Crippen molar-refractivity contribution in [1.82, 2.24) is 10.2 Å². The van der Waals surface area contributed by atoms with E-state index in [-0.39, 0.29) is 31.7 Å². The summed E-state index contributed by atoms with van der Waals surface area (Å²) < 4.78 is 10.8. The first-order valence-electron chi connectivity index (χ1n) is 13.5. The molecule has 4 amide bonds. The molecule has 0 spiro atoms. The van der Waals surface area contributed by atoms with Crippen LogP contribution in [0.5, 0.6) is 11.5 Å². The molecule has 2 aliphatic rings. The van der Waals surface area contributed by atoms with E-state index >= 15 is 0 Å².